The fourth-order valence-corrected chi connectivity index (χ4v) is 4.33. The number of ketones is 1. The Morgan fingerprint density at radius 2 is 1.68 bits per heavy atom. The van der Waals surface area contributed by atoms with Crippen LogP contribution in [-0.2, 0) is 11.0 Å². The van der Waals surface area contributed by atoms with Crippen LogP contribution in [-0.4, -0.2) is 80.4 Å². The smallest absolute Gasteiger partial charge is 0.419 e. The molecule has 5 rings (SSSR count). The number of pyridine rings is 1. The number of carbonyl (C=O) groups is 3. The van der Waals surface area contributed by atoms with Crippen LogP contribution in [0.15, 0.2) is 55.1 Å². The number of aromatic amines is 1. The molecule has 3 aromatic heterocycles. The van der Waals surface area contributed by atoms with Crippen molar-refractivity contribution in [2.24, 2.45) is 0 Å². The number of alkyl halides is 3. The number of ether oxygens (including phenoxy) is 1. The van der Waals surface area contributed by atoms with Crippen LogP contribution in [0, 0.1) is 0 Å². The zero-order valence-electron chi connectivity index (χ0n) is 20.0. The number of nitrogens with zero attached hydrogens (tertiary/aromatic N) is 5. The SMILES string of the molecule is COc1cnc(-n2cc(C(F)(F)F)cn2)c2[nH]cc(C(=O)C(=O)N3CCN(C(=O)c4ccccc4)CC3)c12. The molecule has 0 bridgehead atoms. The van der Waals surface area contributed by atoms with E-state index in [1.165, 1.54) is 24.4 Å². The highest BCUT2D eigenvalue weighted by Crippen LogP contribution is 2.33. The number of benzene rings is 1. The predicted molar refractivity (Wildman–Crippen MR) is 128 cm³/mol. The average molecular weight is 526 g/mol. The maximum absolute atomic E-state index is 13.3. The lowest BCUT2D eigenvalue weighted by Crippen LogP contribution is -2.52. The van der Waals surface area contributed by atoms with E-state index in [1.807, 2.05) is 6.07 Å². The highest BCUT2D eigenvalue weighted by Gasteiger charge is 2.34. The summed E-state index contributed by atoms with van der Waals surface area (Å²) >= 11 is 0. The van der Waals surface area contributed by atoms with E-state index in [9.17, 15) is 27.6 Å². The number of piperazine rings is 1. The normalized spacial score (nSPS) is 14.1. The summed E-state index contributed by atoms with van der Waals surface area (Å²) in [6.45, 7) is 0.865. The Bertz CT molecular complexity index is 1520. The number of nitrogens with one attached hydrogen (secondary N) is 1. The minimum atomic E-state index is -4.59. The summed E-state index contributed by atoms with van der Waals surface area (Å²) in [5, 5.41) is 3.94. The number of carbonyl (C=O) groups excluding carboxylic acids is 3. The second-order valence-electron chi connectivity index (χ2n) is 8.55. The zero-order chi connectivity index (χ0) is 27.0. The van der Waals surface area contributed by atoms with Crippen molar-refractivity contribution in [3.63, 3.8) is 0 Å². The van der Waals surface area contributed by atoms with Gasteiger partial charge in [0.15, 0.2) is 5.82 Å². The number of methoxy groups -OCH3 is 1. The van der Waals surface area contributed by atoms with Crippen molar-refractivity contribution in [1.29, 1.82) is 0 Å². The van der Waals surface area contributed by atoms with Gasteiger partial charge in [-0.3, -0.25) is 14.4 Å². The summed E-state index contributed by atoms with van der Waals surface area (Å²) in [5.74, 6) is -1.60. The van der Waals surface area contributed by atoms with Crippen molar-refractivity contribution in [2.75, 3.05) is 33.3 Å². The molecule has 13 heteroatoms. The Hall–Kier alpha value is -4.68. The second kappa shape index (κ2) is 9.65. The average Bonchev–Trinajstić information content (AvgIpc) is 3.60. The number of Topliss-reactive ketones (excluding diaryl/α,β-unsaturated/α-hetero) is 1. The van der Waals surface area contributed by atoms with Crippen molar-refractivity contribution < 1.29 is 32.3 Å². The summed E-state index contributed by atoms with van der Waals surface area (Å²) in [7, 11) is 1.35. The third-order valence-electron chi connectivity index (χ3n) is 6.31. The van der Waals surface area contributed by atoms with Crippen LogP contribution in [0.3, 0.4) is 0 Å². The standard InChI is InChI=1S/C25H21F3N6O4/c1-38-18-13-30-22(34-14-16(11-31-34)25(26,27)28)20-19(18)17(12-29-20)21(35)24(37)33-9-7-32(8-10-33)23(36)15-5-3-2-4-6-15/h2-6,11-14,29H,7-10H2,1H3. The summed E-state index contributed by atoms with van der Waals surface area (Å²) in [4.78, 5) is 49.0. The van der Waals surface area contributed by atoms with E-state index in [0.717, 1.165) is 10.9 Å². The lowest BCUT2D eigenvalue weighted by molar-refractivity contribution is -0.137. The first-order valence-electron chi connectivity index (χ1n) is 11.5. The van der Waals surface area contributed by atoms with E-state index in [0.29, 0.717) is 11.8 Å². The van der Waals surface area contributed by atoms with Crippen molar-refractivity contribution in [1.82, 2.24) is 29.5 Å². The maximum Gasteiger partial charge on any atom is 0.419 e. The molecule has 1 N–H and O–H groups in total. The molecule has 0 atom stereocenters. The van der Waals surface area contributed by atoms with Crippen molar-refractivity contribution >= 4 is 28.5 Å². The van der Waals surface area contributed by atoms with Crippen LogP contribution in [0.4, 0.5) is 13.2 Å². The number of fused-ring (bicyclic) bond motifs is 1. The van der Waals surface area contributed by atoms with Gasteiger partial charge in [-0.2, -0.15) is 18.3 Å². The molecular weight excluding hydrogens is 505 g/mol. The highest BCUT2D eigenvalue weighted by atomic mass is 19.4. The Morgan fingerprint density at radius 1 is 1.00 bits per heavy atom. The molecule has 1 aromatic carbocycles. The number of H-pyrrole nitrogens is 1. The maximum atomic E-state index is 13.3. The largest absolute Gasteiger partial charge is 0.494 e. The number of amides is 2. The number of halogens is 3. The first-order valence-corrected chi connectivity index (χ1v) is 11.5. The fraction of sp³-hybridized carbons (Fsp3) is 0.240. The van der Waals surface area contributed by atoms with Crippen molar-refractivity contribution in [3.8, 4) is 11.6 Å². The summed E-state index contributed by atoms with van der Waals surface area (Å²) in [6.07, 6.45) is -0.614. The van der Waals surface area contributed by atoms with E-state index < -0.39 is 23.4 Å². The van der Waals surface area contributed by atoms with Gasteiger partial charge >= 0.3 is 6.18 Å². The minimum absolute atomic E-state index is 0.00385. The van der Waals surface area contributed by atoms with Gasteiger partial charge in [0.1, 0.15) is 5.75 Å². The lowest BCUT2D eigenvalue weighted by Gasteiger charge is -2.34. The van der Waals surface area contributed by atoms with Crippen LogP contribution in [0.5, 0.6) is 5.75 Å². The van der Waals surface area contributed by atoms with E-state index in [4.69, 9.17) is 4.74 Å². The third-order valence-corrected chi connectivity index (χ3v) is 6.31. The molecule has 1 saturated heterocycles. The van der Waals surface area contributed by atoms with Gasteiger partial charge in [0, 0.05) is 44.1 Å². The Labute approximate surface area is 213 Å². The molecular formula is C25H21F3N6O4. The zero-order valence-corrected chi connectivity index (χ0v) is 20.0. The Kier molecular flexibility index (Phi) is 6.35. The molecule has 0 aliphatic carbocycles. The Morgan fingerprint density at radius 3 is 2.32 bits per heavy atom. The molecule has 10 nitrogen and oxygen atoms in total. The highest BCUT2D eigenvalue weighted by molar-refractivity contribution is 6.45. The van der Waals surface area contributed by atoms with Crippen LogP contribution in [0.25, 0.3) is 16.7 Å². The number of hydrogen-bond acceptors (Lipinski definition) is 6. The van der Waals surface area contributed by atoms with Gasteiger partial charge in [0.25, 0.3) is 17.6 Å². The summed E-state index contributed by atoms with van der Waals surface area (Å²) in [6, 6.07) is 8.77. The first-order chi connectivity index (χ1) is 18.2. The van der Waals surface area contributed by atoms with Gasteiger partial charge in [-0.1, -0.05) is 18.2 Å². The molecule has 0 unspecified atom stereocenters. The van der Waals surface area contributed by atoms with Gasteiger partial charge in [-0.05, 0) is 12.1 Å². The van der Waals surface area contributed by atoms with Gasteiger partial charge in [-0.15, -0.1) is 0 Å². The summed E-state index contributed by atoms with van der Waals surface area (Å²) in [5.41, 5.74) is -0.267. The second-order valence-corrected chi connectivity index (χ2v) is 8.55. The van der Waals surface area contributed by atoms with Crippen molar-refractivity contribution in [2.45, 2.75) is 6.18 Å². The molecule has 0 saturated carbocycles. The lowest BCUT2D eigenvalue weighted by atomic mass is 10.1. The molecule has 1 fully saturated rings. The van der Waals surface area contributed by atoms with Crippen LogP contribution in [0.2, 0.25) is 0 Å². The molecule has 2 amide bonds. The van der Waals surface area contributed by atoms with E-state index in [-0.39, 0.29) is 60.1 Å². The van der Waals surface area contributed by atoms with Crippen LogP contribution >= 0.6 is 0 Å². The number of rotatable bonds is 5. The topological polar surface area (TPSA) is 113 Å². The van der Waals surface area contributed by atoms with E-state index in [1.54, 1.807) is 29.2 Å². The first kappa shape index (κ1) is 25.0. The van der Waals surface area contributed by atoms with Gasteiger partial charge in [0.05, 0.1) is 41.5 Å². The van der Waals surface area contributed by atoms with Crippen LogP contribution in [0.1, 0.15) is 26.3 Å². The molecule has 196 valence electrons. The molecule has 1 aliphatic heterocycles. The minimum Gasteiger partial charge on any atom is -0.494 e. The number of aromatic nitrogens is 4. The molecule has 0 radical (unpaired) electrons. The quantitative estimate of drug-likeness (QED) is 0.316. The summed E-state index contributed by atoms with van der Waals surface area (Å²) < 4.78 is 45.5. The van der Waals surface area contributed by atoms with Crippen LogP contribution < -0.4 is 4.74 Å². The fourth-order valence-electron chi connectivity index (χ4n) is 4.33. The van der Waals surface area contributed by atoms with Gasteiger partial charge < -0.3 is 19.5 Å². The third kappa shape index (κ3) is 4.46. The van der Waals surface area contributed by atoms with E-state index >= 15 is 0 Å². The molecule has 1 aliphatic rings. The predicted octanol–water partition coefficient (Wildman–Crippen LogP) is 2.94. The molecule has 4 aromatic rings. The van der Waals surface area contributed by atoms with Gasteiger partial charge in [-0.25, -0.2) is 9.67 Å². The molecule has 0 spiro atoms. The molecule has 4 heterocycles. The van der Waals surface area contributed by atoms with E-state index in [2.05, 4.69) is 15.1 Å². The molecule has 38 heavy (non-hydrogen) atoms. The van der Waals surface area contributed by atoms with Gasteiger partial charge in [0.2, 0.25) is 0 Å². The monoisotopic (exact) mass is 526 g/mol. The Balaban J connectivity index is 1.38. The van der Waals surface area contributed by atoms with Crippen molar-refractivity contribution in [3.05, 3.63) is 71.8 Å². The number of hydrogen-bond donors (Lipinski definition) is 1.